The van der Waals surface area contributed by atoms with Crippen molar-refractivity contribution in [1.82, 2.24) is 4.90 Å². The summed E-state index contributed by atoms with van der Waals surface area (Å²) in [5.41, 5.74) is 3.46. The van der Waals surface area contributed by atoms with E-state index in [2.05, 4.69) is 5.32 Å². The minimum Gasteiger partial charge on any atom is -0.385 e. The topological polar surface area (TPSA) is 102 Å². The number of rotatable bonds is 8. The van der Waals surface area contributed by atoms with Gasteiger partial charge in [-0.05, 0) is 49.6 Å². The molecule has 0 saturated heterocycles. The summed E-state index contributed by atoms with van der Waals surface area (Å²) in [6.45, 7) is 4.53. The number of ether oxygens (including phenoxy) is 1. The smallest absolute Gasteiger partial charge is 0.278 e. The molecule has 1 aliphatic heterocycles. The fourth-order valence-corrected chi connectivity index (χ4v) is 3.37. The Bertz CT molecular complexity index is 1030. The summed E-state index contributed by atoms with van der Waals surface area (Å²) >= 11 is 0. The number of non-ortho nitro benzene ring substituents is 1. The minimum atomic E-state index is -0.508. The number of carbonyl (C=O) groups is 2. The van der Waals surface area contributed by atoms with Crippen LogP contribution in [-0.2, 0) is 14.3 Å². The lowest BCUT2D eigenvalue weighted by molar-refractivity contribution is -0.384. The van der Waals surface area contributed by atoms with Crippen molar-refractivity contribution >= 4 is 28.8 Å². The second-order valence-corrected chi connectivity index (χ2v) is 7.11. The highest BCUT2D eigenvalue weighted by Gasteiger charge is 2.39. The summed E-state index contributed by atoms with van der Waals surface area (Å²) < 4.78 is 5.03. The van der Waals surface area contributed by atoms with Crippen molar-refractivity contribution < 1.29 is 19.2 Å². The third kappa shape index (κ3) is 4.23. The van der Waals surface area contributed by atoms with Gasteiger partial charge in [0.25, 0.3) is 17.5 Å². The molecule has 156 valence electrons. The van der Waals surface area contributed by atoms with Crippen LogP contribution < -0.4 is 5.32 Å². The van der Waals surface area contributed by atoms with Crippen LogP contribution in [0.25, 0.3) is 5.57 Å². The summed E-state index contributed by atoms with van der Waals surface area (Å²) in [5, 5.41) is 14.1. The molecular weight excluding hydrogens is 386 g/mol. The van der Waals surface area contributed by atoms with Crippen LogP contribution in [-0.4, -0.2) is 41.9 Å². The Kier molecular flexibility index (Phi) is 6.27. The van der Waals surface area contributed by atoms with E-state index in [0.717, 1.165) is 16.8 Å². The van der Waals surface area contributed by atoms with Gasteiger partial charge in [0.2, 0.25) is 0 Å². The number of nitrogens with zero attached hydrogens (tertiary/aromatic N) is 2. The molecule has 0 fully saturated rings. The zero-order chi connectivity index (χ0) is 21.8. The average Bonchev–Trinajstić information content (AvgIpc) is 2.94. The molecule has 1 heterocycles. The highest BCUT2D eigenvalue weighted by molar-refractivity contribution is 6.36. The second-order valence-electron chi connectivity index (χ2n) is 7.11. The molecule has 2 aromatic carbocycles. The standard InChI is InChI=1S/C22H23N3O5/c1-14-5-10-18(15(2)13-14)23-20-19(16-6-8-17(9-7-16)25(28)29)21(26)24(22(20)27)11-4-12-30-3/h5-10,13,23H,4,11-12H2,1-3H3. The third-order valence-corrected chi connectivity index (χ3v) is 4.91. The molecule has 8 nitrogen and oxygen atoms in total. The van der Waals surface area contributed by atoms with Crippen molar-refractivity contribution in [2.45, 2.75) is 20.3 Å². The number of nitrogens with one attached hydrogen (secondary N) is 1. The fraction of sp³-hybridized carbons (Fsp3) is 0.273. The molecule has 0 bridgehead atoms. The number of methoxy groups -OCH3 is 1. The monoisotopic (exact) mass is 409 g/mol. The summed E-state index contributed by atoms with van der Waals surface area (Å²) in [6.07, 6.45) is 0.512. The normalized spacial score (nSPS) is 13.9. The highest BCUT2D eigenvalue weighted by Crippen LogP contribution is 2.32. The van der Waals surface area contributed by atoms with Crippen molar-refractivity contribution in [3.8, 4) is 0 Å². The van der Waals surface area contributed by atoms with Crippen molar-refractivity contribution in [3.05, 3.63) is 75.0 Å². The molecule has 8 heteroatoms. The number of anilines is 1. The molecule has 0 aliphatic carbocycles. The van der Waals surface area contributed by atoms with Gasteiger partial charge in [0.15, 0.2) is 0 Å². The average molecular weight is 409 g/mol. The first-order chi connectivity index (χ1) is 14.3. The second kappa shape index (κ2) is 8.87. The van der Waals surface area contributed by atoms with Crippen LogP contribution in [0.2, 0.25) is 0 Å². The Hall–Kier alpha value is -3.52. The summed E-state index contributed by atoms with van der Waals surface area (Å²) in [6, 6.07) is 11.4. The number of hydrogen-bond donors (Lipinski definition) is 1. The first-order valence-electron chi connectivity index (χ1n) is 9.52. The summed E-state index contributed by atoms with van der Waals surface area (Å²) in [5.74, 6) is -0.860. The molecule has 0 radical (unpaired) electrons. The Morgan fingerprint density at radius 2 is 1.77 bits per heavy atom. The highest BCUT2D eigenvalue weighted by atomic mass is 16.6. The van der Waals surface area contributed by atoms with Crippen LogP contribution in [0, 0.1) is 24.0 Å². The van der Waals surface area contributed by atoms with E-state index in [9.17, 15) is 19.7 Å². The maximum atomic E-state index is 13.1. The zero-order valence-electron chi connectivity index (χ0n) is 17.1. The molecule has 0 saturated carbocycles. The molecule has 1 aliphatic rings. The Morgan fingerprint density at radius 1 is 1.07 bits per heavy atom. The Balaban J connectivity index is 2.02. The van der Waals surface area contributed by atoms with E-state index in [1.54, 1.807) is 7.11 Å². The van der Waals surface area contributed by atoms with E-state index < -0.39 is 16.7 Å². The third-order valence-electron chi connectivity index (χ3n) is 4.91. The lowest BCUT2D eigenvalue weighted by Crippen LogP contribution is -2.34. The summed E-state index contributed by atoms with van der Waals surface area (Å²) in [4.78, 5) is 37.8. The summed E-state index contributed by atoms with van der Waals surface area (Å²) in [7, 11) is 1.56. The van der Waals surface area contributed by atoms with Crippen LogP contribution in [0.4, 0.5) is 11.4 Å². The SMILES string of the molecule is COCCCN1C(=O)C(Nc2ccc(C)cc2C)=C(c2ccc([N+](=O)[O-])cc2)C1=O. The van der Waals surface area contributed by atoms with Gasteiger partial charge in [-0.15, -0.1) is 0 Å². The number of hydrogen-bond acceptors (Lipinski definition) is 6. The van der Waals surface area contributed by atoms with Crippen LogP contribution in [0.3, 0.4) is 0 Å². The molecule has 0 atom stereocenters. The number of amides is 2. The van der Waals surface area contributed by atoms with Gasteiger partial charge in [0, 0.05) is 38.1 Å². The van der Waals surface area contributed by atoms with E-state index in [0.29, 0.717) is 18.6 Å². The molecule has 0 unspecified atom stereocenters. The van der Waals surface area contributed by atoms with Crippen molar-refractivity contribution in [3.63, 3.8) is 0 Å². The number of nitro groups is 1. The van der Waals surface area contributed by atoms with E-state index >= 15 is 0 Å². The molecule has 2 aromatic rings. The van der Waals surface area contributed by atoms with Gasteiger partial charge in [-0.25, -0.2) is 0 Å². The molecule has 30 heavy (non-hydrogen) atoms. The first kappa shape index (κ1) is 21.2. The van der Waals surface area contributed by atoms with Crippen molar-refractivity contribution in [1.29, 1.82) is 0 Å². The Morgan fingerprint density at radius 3 is 2.37 bits per heavy atom. The van der Waals surface area contributed by atoms with E-state index in [-0.39, 0.29) is 23.5 Å². The van der Waals surface area contributed by atoms with Crippen LogP contribution in [0.5, 0.6) is 0 Å². The maximum Gasteiger partial charge on any atom is 0.278 e. The van der Waals surface area contributed by atoms with Gasteiger partial charge in [-0.2, -0.15) is 0 Å². The van der Waals surface area contributed by atoms with Crippen LogP contribution in [0.15, 0.2) is 48.2 Å². The quantitative estimate of drug-likeness (QED) is 0.310. The lowest BCUT2D eigenvalue weighted by atomic mass is 10.0. The van der Waals surface area contributed by atoms with Gasteiger partial charge in [-0.1, -0.05) is 17.7 Å². The van der Waals surface area contributed by atoms with Gasteiger partial charge < -0.3 is 10.1 Å². The van der Waals surface area contributed by atoms with Crippen molar-refractivity contribution in [2.24, 2.45) is 0 Å². The molecule has 1 N–H and O–H groups in total. The minimum absolute atomic E-state index is 0.0861. The Labute approximate surface area is 174 Å². The molecule has 3 rings (SSSR count). The predicted molar refractivity (Wildman–Crippen MR) is 113 cm³/mol. The van der Waals surface area contributed by atoms with Gasteiger partial charge >= 0.3 is 0 Å². The van der Waals surface area contributed by atoms with Crippen molar-refractivity contribution in [2.75, 3.05) is 25.6 Å². The molecule has 0 aromatic heterocycles. The van der Waals surface area contributed by atoms with Gasteiger partial charge in [0.1, 0.15) is 5.70 Å². The molecular formula is C22H23N3O5. The number of imide groups is 1. The largest absolute Gasteiger partial charge is 0.385 e. The van der Waals surface area contributed by atoms with E-state index in [1.807, 2.05) is 32.0 Å². The molecule has 0 spiro atoms. The number of carbonyl (C=O) groups excluding carboxylic acids is 2. The number of nitro benzene ring substituents is 1. The maximum absolute atomic E-state index is 13.1. The van der Waals surface area contributed by atoms with Gasteiger partial charge in [-0.3, -0.25) is 24.6 Å². The van der Waals surface area contributed by atoms with Crippen LogP contribution in [0.1, 0.15) is 23.1 Å². The molecule has 2 amide bonds. The van der Waals surface area contributed by atoms with Crippen LogP contribution >= 0.6 is 0 Å². The zero-order valence-corrected chi connectivity index (χ0v) is 17.1. The van der Waals surface area contributed by atoms with E-state index in [1.165, 1.54) is 29.2 Å². The first-order valence-corrected chi connectivity index (χ1v) is 9.52. The fourth-order valence-electron chi connectivity index (χ4n) is 3.37. The number of aryl methyl sites for hydroxylation is 2. The lowest BCUT2D eigenvalue weighted by Gasteiger charge is -2.15. The van der Waals surface area contributed by atoms with E-state index in [4.69, 9.17) is 4.74 Å². The predicted octanol–water partition coefficient (Wildman–Crippen LogP) is 3.44. The number of benzene rings is 2. The van der Waals surface area contributed by atoms with Gasteiger partial charge in [0.05, 0.1) is 10.5 Å².